The van der Waals surface area contributed by atoms with Gasteiger partial charge < -0.3 is 15.1 Å². The minimum absolute atomic E-state index is 0.0257. The fourth-order valence-corrected chi connectivity index (χ4v) is 4.81. The molecular formula is C19H24ClN3O2. The summed E-state index contributed by atoms with van der Waals surface area (Å²) in [6.45, 7) is 1.54. The minimum atomic E-state index is -0.326. The van der Waals surface area contributed by atoms with Crippen LogP contribution in [0.4, 0.5) is 0 Å². The number of fused-ring (bicyclic) bond motifs is 2. The van der Waals surface area contributed by atoms with Gasteiger partial charge in [0.1, 0.15) is 0 Å². The molecule has 0 aliphatic carbocycles. The third kappa shape index (κ3) is 3.15. The van der Waals surface area contributed by atoms with Gasteiger partial charge in [0.25, 0.3) is 0 Å². The van der Waals surface area contributed by atoms with Crippen LogP contribution in [0.1, 0.15) is 37.3 Å². The molecule has 4 unspecified atom stereocenters. The molecule has 3 saturated heterocycles. The zero-order valence-electron chi connectivity index (χ0n) is 14.5. The van der Waals surface area contributed by atoms with Crippen molar-refractivity contribution in [1.29, 1.82) is 0 Å². The number of benzene rings is 1. The van der Waals surface area contributed by atoms with Crippen molar-refractivity contribution in [3.05, 3.63) is 34.9 Å². The SMILES string of the molecule is CN1C(=O)CC(C(=O)N2CCC3CCC(C2)N3)C1c1cccc(Cl)c1. The summed E-state index contributed by atoms with van der Waals surface area (Å²) in [6.07, 6.45) is 3.63. The van der Waals surface area contributed by atoms with Gasteiger partial charge in [0.05, 0.1) is 12.0 Å². The molecule has 3 aliphatic heterocycles. The lowest BCUT2D eigenvalue weighted by Crippen LogP contribution is -2.43. The average Bonchev–Trinajstić information content (AvgIpc) is 3.06. The summed E-state index contributed by atoms with van der Waals surface area (Å²) in [5.41, 5.74) is 0.939. The van der Waals surface area contributed by atoms with Crippen LogP contribution in [0.2, 0.25) is 5.02 Å². The Bertz CT molecular complexity index is 695. The molecule has 0 radical (unpaired) electrons. The molecule has 1 aromatic carbocycles. The summed E-state index contributed by atoms with van der Waals surface area (Å²) < 4.78 is 0. The van der Waals surface area contributed by atoms with E-state index in [4.69, 9.17) is 11.6 Å². The smallest absolute Gasteiger partial charge is 0.228 e. The number of rotatable bonds is 2. The van der Waals surface area contributed by atoms with Crippen LogP contribution in [0, 0.1) is 5.92 Å². The van der Waals surface area contributed by atoms with Gasteiger partial charge in [-0.2, -0.15) is 0 Å². The van der Waals surface area contributed by atoms with E-state index < -0.39 is 0 Å². The molecule has 0 spiro atoms. The van der Waals surface area contributed by atoms with Crippen molar-refractivity contribution in [3.63, 3.8) is 0 Å². The van der Waals surface area contributed by atoms with E-state index in [9.17, 15) is 9.59 Å². The van der Waals surface area contributed by atoms with Gasteiger partial charge in [-0.3, -0.25) is 9.59 Å². The maximum Gasteiger partial charge on any atom is 0.228 e. The first-order chi connectivity index (χ1) is 12.0. The number of hydrogen-bond donors (Lipinski definition) is 1. The van der Waals surface area contributed by atoms with Crippen LogP contribution in [0.5, 0.6) is 0 Å². The van der Waals surface area contributed by atoms with Crippen LogP contribution in [-0.2, 0) is 9.59 Å². The summed E-state index contributed by atoms with van der Waals surface area (Å²) in [5, 5.41) is 4.24. The van der Waals surface area contributed by atoms with E-state index in [-0.39, 0.29) is 30.2 Å². The average molecular weight is 362 g/mol. The Labute approximate surface area is 153 Å². The molecule has 4 atom stereocenters. The Morgan fingerprint density at radius 1 is 1.24 bits per heavy atom. The summed E-state index contributed by atoms with van der Waals surface area (Å²) >= 11 is 6.14. The second-order valence-corrected chi connectivity index (χ2v) is 7.96. The van der Waals surface area contributed by atoms with Gasteiger partial charge in [0.2, 0.25) is 11.8 Å². The molecular weight excluding hydrogens is 338 g/mol. The van der Waals surface area contributed by atoms with Crippen molar-refractivity contribution >= 4 is 23.4 Å². The monoisotopic (exact) mass is 361 g/mol. The number of halogens is 1. The molecule has 0 aromatic heterocycles. The number of hydrogen-bond acceptors (Lipinski definition) is 3. The normalized spacial score (nSPS) is 32.2. The zero-order valence-corrected chi connectivity index (χ0v) is 15.2. The molecule has 25 heavy (non-hydrogen) atoms. The van der Waals surface area contributed by atoms with E-state index in [0.29, 0.717) is 17.1 Å². The molecule has 4 rings (SSSR count). The van der Waals surface area contributed by atoms with Gasteiger partial charge in [0, 0.05) is 43.7 Å². The number of carbonyl (C=O) groups is 2. The van der Waals surface area contributed by atoms with Crippen molar-refractivity contribution in [2.24, 2.45) is 5.92 Å². The highest BCUT2D eigenvalue weighted by Crippen LogP contribution is 2.39. The third-order valence-corrected chi connectivity index (χ3v) is 6.16. The number of carbonyl (C=O) groups excluding carboxylic acids is 2. The topological polar surface area (TPSA) is 52.7 Å². The van der Waals surface area contributed by atoms with Gasteiger partial charge in [-0.15, -0.1) is 0 Å². The third-order valence-electron chi connectivity index (χ3n) is 5.93. The van der Waals surface area contributed by atoms with E-state index >= 15 is 0 Å². The van der Waals surface area contributed by atoms with Crippen LogP contribution < -0.4 is 5.32 Å². The highest BCUT2D eigenvalue weighted by Gasteiger charge is 2.45. The van der Waals surface area contributed by atoms with Gasteiger partial charge in [-0.05, 0) is 37.0 Å². The molecule has 3 fully saturated rings. The van der Waals surface area contributed by atoms with Crippen molar-refractivity contribution in [2.75, 3.05) is 20.1 Å². The summed E-state index contributed by atoms with van der Waals surface area (Å²) in [6, 6.07) is 8.23. The van der Waals surface area contributed by atoms with E-state index in [1.54, 1.807) is 11.9 Å². The number of amides is 2. The predicted octanol–water partition coefficient (Wildman–Crippen LogP) is 2.21. The fourth-order valence-electron chi connectivity index (χ4n) is 4.62. The maximum atomic E-state index is 13.3. The standard InChI is InChI=1S/C19H24ClN3O2/c1-22-17(24)10-16(18(22)12-3-2-4-13(20)9-12)19(25)23-8-7-14-5-6-15(11-23)21-14/h2-4,9,14-16,18,21H,5-8,10-11H2,1H3. The zero-order chi connectivity index (χ0) is 17.6. The largest absolute Gasteiger partial charge is 0.341 e. The Morgan fingerprint density at radius 2 is 2.04 bits per heavy atom. The lowest BCUT2D eigenvalue weighted by molar-refractivity contribution is -0.136. The Morgan fingerprint density at radius 3 is 2.84 bits per heavy atom. The van der Waals surface area contributed by atoms with Crippen LogP contribution in [0.15, 0.2) is 24.3 Å². The molecule has 0 saturated carbocycles. The number of likely N-dealkylation sites (tertiary alicyclic amines) is 2. The van der Waals surface area contributed by atoms with Crippen LogP contribution in [-0.4, -0.2) is 53.8 Å². The molecule has 5 nitrogen and oxygen atoms in total. The van der Waals surface area contributed by atoms with Gasteiger partial charge in [-0.25, -0.2) is 0 Å². The lowest BCUT2D eigenvalue weighted by atomic mass is 9.92. The summed E-state index contributed by atoms with van der Waals surface area (Å²) in [4.78, 5) is 29.3. The Balaban J connectivity index is 1.58. The molecule has 1 N–H and O–H groups in total. The molecule has 2 bridgehead atoms. The highest BCUT2D eigenvalue weighted by molar-refractivity contribution is 6.30. The van der Waals surface area contributed by atoms with Crippen molar-refractivity contribution in [3.8, 4) is 0 Å². The quantitative estimate of drug-likeness (QED) is 0.878. The van der Waals surface area contributed by atoms with Crippen molar-refractivity contribution in [1.82, 2.24) is 15.1 Å². The van der Waals surface area contributed by atoms with E-state index in [1.165, 1.54) is 6.42 Å². The molecule has 1 aromatic rings. The van der Waals surface area contributed by atoms with Crippen LogP contribution >= 0.6 is 11.6 Å². The summed E-state index contributed by atoms with van der Waals surface area (Å²) in [7, 11) is 1.78. The molecule has 6 heteroatoms. The second kappa shape index (κ2) is 6.61. The fraction of sp³-hybridized carbons (Fsp3) is 0.579. The van der Waals surface area contributed by atoms with E-state index in [1.807, 2.05) is 29.2 Å². The number of nitrogens with one attached hydrogen (secondary N) is 1. The first-order valence-electron chi connectivity index (χ1n) is 9.09. The molecule has 2 amide bonds. The Kier molecular flexibility index (Phi) is 4.46. The number of nitrogens with zero attached hydrogens (tertiary/aromatic N) is 2. The summed E-state index contributed by atoms with van der Waals surface area (Å²) in [5.74, 6) is -0.192. The lowest BCUT2D eigenvalue weighted by Gasteiger charge is -2.31. The maximum absolute atomic E-state index is 13.3. The van der Waals surface area contributed by atoms with E-state index in [2.05, 4.69) is 5.32 Å². The van der Waals surface area contributed by atoms with E-state index in [0.717, 1.165) is 31.5 Å². The van der Waals surface area contributed by atoms with Crippen molar-refractivity contribution < 1.29 is 9.59 Å². The minimum Gasteiger partial charge on any atom is -0.341 e. The van der Waals surface area contributed by atoms with Gasteiger partial charge in [-0.1, -0.05) is 23.7 Å². The first-order valence-corrected chi connectivity index (χ1v) is 9.46. The molecule has 3 heterocycles. The Hall–Kier alpha value is -1.59. The van der Waals surface area contributed by atoms with Crippen LogP contribution in [0.3, 0.4) is 0 Å². The highest BCUT2D eigenvalue weighted by atomic mass is 35.5. The van der Waals surface area contributed by atoms with Crippen molar-refractivity contribution in [2.45, 2.75) is 43.8 Å². The van der Waals surface area contributed by atoms with Crippen LogP contribution in [0.25, 0.3) is 0 Å². The first kappa shape index (κ1) is 16.9. The molecule has 3 aliphatic rings. The van der Waals surface area contributed by atoms with Gasteiger partial charge >= 0.3 is 0 Å². The van der Waals surface area contributed by atoms with Gasteiger partial charge in [0.15, 0.2) is 0 Å². The molecule has 134 valence electrons. The second-order valence-electron chi connectivity index (χ2n) is 7.53. The predicted molar refractivity (Wildman–Crippen MR) is 96.2 cm³/mol.